The normalized spacial score (nSPS) is 24.1. The van der Waals surface area contributed by atoms with Gasteiger partial charge < -0.3 is 15.2 Å². The Bertz CT molecular complexity index is 1860. The van der Waals surface area contributed by atoms with Crippen molar-refractivity contribution < 1.29 is 29.0 Å². The van der Waals surface area contributed by atoms with Crippen LogP contribution >= 0.6 is 15.9 Å². The number of aromatic hydroxyl groups is 1. The Balaban J connectivity index is 1.26. The van der Waals surface area contributed by atoms with Gasteiger partial charge in [0.2, 0.25) is 11.8 Å². The Morgan fingerprint density at radius 3 is 2.40 bits per heavy atom. The number of amides is 2. The number of ether oxygens (including phenoxy) is 1. The van der Waals surface area contributed by atoms with Crippen LogP contribution in [0.2, 0.25) is 0 Å². The number of Topliss-reactive ketones (excluding diaryl/α,β-unsaturated/α-hetero) is 1. The van der Waals surface area contributed by atoms with Crippen LogP contribution in [0.25, 0.3) is 0 Å². The highest BCUT2D eigenvalue weighted by Gasteiger charge is 2.56. The van der Waals surface area contributed by atoms with E-state index in [0.29, 0.717) is 35.4 Å². The number of hydrogen-bond donors (Lipinski definition) is 2. The third-order valence-electron chi connectivity index (χ3n) is 9.14. The van der Waals surface area contributed by atoms with Crippen molar-refractivity contribution in [3.63, 3.8) is 0 Å². The first-order valence-electron chi connectivity index (χ1n) is 14.9. The van der Waals surface area contributed by atoms with Crippen LogP contribution in [-0.2, 0) is 19.2 Å². The van der Waals surface area contributed by atoms with E-state index in [2.05, 4.69) is 21.2 Å². The first-order valence-corrected chi connectivity index (χ1v) is 15.7. The number of fused-ring (bicyclic) bond motifs is 3. The second-order valence-corrected chi connectivity index (χ2v) is 12.5. The molecular weight excluding hydrogens is 636 g/mol. The quantitative estimate of drug-likeness (QED) is 0.176. The zero-order valence-corrected chi connectivity index (χ0v) is 25.9. The molecule has 45 heavy (non-hydrogen) atoms. The maximum atomic E-state index is 14.2. The summed E-state index contributed by atoms with van der Waals surface area (Å²) in [7, 11) is 0. The highest BCUT2D eigenvalue weighted by atomic mass is 79.9. The fourth-order valence-electron chi connectivity index (χ4n) is 7.20. The average molecular weight is 666 g/mol. The molecule has 7 rings (SSSR count). The van der Waals surface area contributed by atoms with Gasteiger partial charge in [0.15, 0.2) is 23.1 Å². The van der Waals surface area contributed by atoms with Gasteiger partial charge >= 0.3 is 0 Å². The van der Waals surface area contributed by atoms with Gasteiger partial charge in [0.25, 0.3) is 0 Å². The van der Waals surface area contributed by atoms with Crippen molar-refractivity contribution in [1.29, 1.82) is 0 Å². The molecule has 9 heteroatoms. The number of benzene rings is 3. The molecule has 2 N–H and O–H groups in total. The van der Waals surface area contributed by atoms with E-state index in [9.17, 15) is 24.3 Å². The topological polar surface area (TPSA) is 113 Å². The largest absolute Gasteiger partial charge is 0.504 e. The first kappa shape index (κ1) is 29.0. The Morgan fingerprint density at radius 1 is 0.933 bits per heavy atom. The molecular formula is C36H29BrN2O6. The van der Waals surface area contributed by atoms with Crippen LogP contribution in [0.4, 0.5) is 17.1 Å². The van der Waals surface area contributed by atoms with E-state index in [1.165, 1.54) is 17.0 Å². The van der Waals surface area contributed by atoms with Gasteiger partial charge in [-0.05, 0) is 95.7 Å². The number of ketones is 2. The summed E-state index contributed by atoms with van der Waals surface area (Å²) in [6.07, 6.45) is 3.78. The maximum Gasteiger partial charge on any atom is 0.238 e. The predicted octanol–water partition coefficient (Wildman–Crippen LogP) is 6.50. The second-order valence-electron chi connectivity index (χ2n) is 11.6. The molecule has 4 atom stereocenters. The highest BCUT2D eigenvalue weighted by molar-refractivity contribution is 9.12. The second kappa shape index (κ2) is 11.3. The molecule has 2 amide bonds. The number of phenols is 1. The van der Waals surface area contributed by atoms with Gasteiger partial charge in [-0.1, -0.05) is 35.9 Å². The molecule has 1 aliphatic heterocycles. The van der Waals surface area contributed by atoms with Crippen LogP contribution in [0.3, 0.4) is 0 Å². The lowest BCUT2D eigenvalue weighted by Crippen LogP contribution is -2.39. The zero-order valence-electron chi connectivity index (χ0n) is 24.3. The van der Waals surface area contributed by atoms with E-state index in [4.69, 9.17) is 4.74 Å². The third kappa shape index (κ3) is 4.82. The summed E-state index contributed by atoms with van der Waals surface area (Å²) in [6.45, 7) is 2.13. The van der Waals surface area contributed by atoms with E-state index in [1.807, 2.05) is 48.5 Å². The third-order valence-corrected chi connectivity index (χ3v) is 9.73. The molecule has 0 aromatic heterocycles. The number of hydrogen-bond acceptors (Lipinski definition) is 7. The minimum absolute atomic E-state index is 0.0364. The van der Waals surface area contributed by atoms with Gasteiger partial charge in [0.05, 0.1) is 28.6 Å². The molecule has 0 radical (unpaired) electrons. The van der Waals surface area contributed by atoms with Gasteiger partial charge in [-0.25, -0.2) is 0 Å². The SMILES string of the molecule is CCOc1cc([C@H]2C3=CC[C@@H]4C(=O)N(c5ccc(Nc6ccccc6)cc5)C(=O)[C@@H]4[C@@H]3CC3=C2C(=O)C=C(Br)C3=O)ccc1O. The fraction of sp³-hybridized carbons (Fsp3) is 0.222. The smallest absolute Gasteiger partial charge is 0.238 e. The first-order chi connectivity index (χ1) is 21.8. The standard InChI is InChI=1S/C36H29BrN2O6/c1-2-45-30-16-19(8-15-28(30)40)31-23-13-14-24-32(25(23)17-26-33(31)29(41)18-27(37)34(26)42)36(44)39(35(24)43)22-11-9-21(10-12-22)38-20-6-4-3-5-7-20/h3-13,15-16,18,24-25,31-32,38,40H,2,14,17H2,1H3/t24-,25+,31-,32-/m0/s1. The summed E-state index contributed by atoms with van der Waals surface area (Å²) in [4.78, 5) is 56.3. The molecule has 0 unspecified atom stereocenters. The number of anilines is 3. The number of imide groups is 1. The van der Waals surface area contributed by atoms with Crippen LogP contribution in [0.15, 0.2) is 106 Å². The van der Waals surface area contributed by atoms with E-state index in [1.54, 1.807) is 31.2 Å². The van der Waals surface area contributed by atoms with Gasteiger partial charge in [0, 0.05) is 34.5 Å². The molecule has 226 valence electrons. The molecule has 1 saturated heterocycles. The Kier molecular flexibility index (Phi) is 7.28. The number of nitrogens with one attached hydrogen (secondary N) is 1. The van der Waals surface area contributed by atoms with E-state index in [0.717, 1.165) is 16.9 Å². The number of carbonyl (C=O) groups excluding carboxylic acids is 4. The van der Waals surface area contributed by atoms with Crippen LogP contribution in [0, 0.1) is 17.8 Å². The Labute approximate surface area is 268 Å². The van der Waals surface area contributed by atoms with Crippen molar-refractivity contribution in [2.24, 2.45) is 17.8 Å². The summed E-state index contributed by atoms with van der Waals surface area (Å²) in [6, 6.07) is 21.8. The number of rotatable bonds is 6. The van der Waals surface area contributed by atoms with Gasteiger partial charge in [-0.15, -0.1) is 0 Å². The maximum absolute atomic E-state index is 14.2. The fourth-order valence-corrected chi connectivity index (χ4v) is 7.65. The predicted molar refractivity (Wildman–Crippen MR) is 173 cm³/mol. The Morgan fingerprint density at radius 2 is 1.67 bits per heavy atom. The van der Waals surface area contributed by atoms with Gasteiger partial charge in [-0.2, -0.15) is 0 Å². The molecule has 0 saturated carbocycles. The van der Waals surface area contributed by atoms with Crippen LogP contribution in [0.5, 0.6) is 11.5 Å². The summed E-state index contributed by atoms with van der Waals surface area (Å²) < 4.78 is 5.82. The zero-order chi connectivity index (χ0) is 31.4. The monoisotopic (exact) mass is 664 g/mol. The van der Waals surface area contributed by atoms with Gasteiger partial charge in [-0.3, -0.25) is 24.1 Å². The molecule has 3 aromatic carbocycles. The molecule has 0 spiro atoms. The molecule has 0 bridgehead atoms. The molecule has 1 heterocycles. The molecule has 3 aliphatic carbocycles. The van der Waals surface area contributed by atoms with Crippen molar-refractivity contribution >= 4 is 56.4 Å². The minimum atomic E-state index is -0.688. The average Bonchev–Trinajstić information content (AvgIpc) is 3.30. The summed E-state index contributed by atoms with van der Waals surface area (Å²) in [5, 5.41) is 13.7. The number of carbonyl (C=O) groups is 4. The highest BCUT2D eigenvalue weighted by Crippen LogP contribution is 2.56. The number of phenolic OH excluding ortho intramolecular Hbond substituents is 1. The number of para-hydroxylation sites is 1. The number of halogens is 1. The number of allylic oxidation sites excluding steroid dienone is 6. The van der Waals surface area contributed by atoms with Crippen molar-refractivity contribution in [1.82, 2.24) is 0 Å². The lowest BCUT2D eigenvalue weighted by molar-refractivity contribution is -0.123. The summed E-state index contributed by atoms with van der Waals surface area (Å²) in [5.74, 6) is -3.29. The molecule has 4 aliphatic rings. The lowest BCUT2D eigenvalue weighted by atomic mass is 9.59. The number of nitrogens with zero attached hydrogens (tertiary/aromatic N) is 1. The van der Waals surface area contributed by atoms with E-state index < -0.39 is 23.7 Å². The lowest BCUT2D eigenvalue weighted by Gasteiger charge is -2.42. The van der Waals surface area contributed by atoms with E-state index in [-0.39, 0.29) is 45.8 Å². The minimum Gasteiger partial charge on any atom is -0.504 e. The van der Waals surface area contributed by atoms with Crippen LogP contribution in [-0.4, -0.2) is 35.1 Å². The van der Waals surface area contributed by atoms with Crippen LogP contribution in [0.1, 0.15) is 31.2 Å². The van der Waals surface area contributed by atoms with Crippen molar-refractivity contribution in [3.05, 3.63) is 112 Å². The van der Waals surface area contributed by atoms with E-state index >= 15 is 0 Å². The van der Waals surface area contributed by atoms with Gasteiger partial charge in [0.1, 0.15) is 0 Å². The van der Waals surface area contributed by atoms with Crippen LogP contribution < -0.4 is 15.0 Å². The summed E-state index contributed by atoms with van der Waals surface area (Å²) in [5.41, 5.74) is 4.45. The van der Waals surface area contributed by atoms with Crippen molar-refractivity contribution in [2.45, 2.75) is 25.7 Å². The summed E-state index contributed by atoms with van der Waals surface area (Å²) >= 11 is 3.26. The molecule has 3 aromatic rings. The Hall–Kier alpha value is -4.76. The molecule has 8 nitrogen and oxygen atoms in total. The van der Waals surface area contributed by atoms with Crippen molar-refractivity contribution in [3.8, 4) is 11.5 Å². The van der Waals surface area contributed by atoms with Crippen molar-refractivity contribution in [2.75, 3.05) is 16.8 Å². The molecule has 1 fully saturated rings.